The van der Waals surface area contributed by atoms with Crippen LogP contribution in [0.25, 0.3) is 0 Å². The first kappa shape index (κ1) is 11.1. The topological polar surface area (TPSA) is 51.8 Å². The van der Waals surface area contributed by atoms with Crippen molar-refractivity contribution in [3.8, 4) is 0 Å². The third-order valence-electron chi connectivity index (χ3n) is 2.41. The van der Waals surface area contributed by atoms with Crippen molar-refractivity contribution in [2.75, 3.05) is 0 Å². The quantitative estimate of drug-likeness (QED) is 0.798. The number of hydrogen-bond acceptors (Lipinski definition) is 3. The molecule has 1 aromatic heterocycles. The summed E-state index contributed by atoms with van der Waals surface area (Å²) in [5, 5.41) is 8.07. The molecule has 0 aliphatic carbocycles. The second-order valence-electron chi connectivity index (χ2n) is 3.78. The summed E-state index contributed by atoms with van der Waals surface area (Å²) in [6, 6.07) is 2.16. The Morgan fingerprint density at radius 2 is 2.07 bits per heavy atom. The van der Waals surface area contributed by atoms with Crippen LogP contribution in [0.4, 0.5) is 0 Å². The van der Waals surface area contributed by atoms with E-state index in [2.05, 4.69) is 17.1 Å². The Balaban J connectivity index is 2.77. The van der Waals surface area contributed by atoms with Gasteiger partial charge in [-0.25, -0.2) is 0 Å². The van der Waals surface area contributed by atoms with Crippen molar-refractivity contribution in [1.29, 1.82) is 0 Å². The van der Waals surface area contributed by atoms with Crippen molar-refractivity contribution in [2.45, 2.75) is 46.1 Å². The normalized spacial score (nSPS) is 12.9. The zero-order chi connectivity index (χ0) is 10.6. The van der Waals surface area contributed by atoms with Crippen LogP contribution in [0.5, 0.6) is 0 Å². The van der Waals surface area contributed by atoms with Crippen molar-refractivity contribution in [1.82, 2.24) is 10.2 Å². The van der Waals surface area contributed by atoms with Gasteiger partial charge in [0.25, 0.3) is 0 Å². The second kappa shape index (κ2) is 5.05. The fourth-order valence-corrected chi connectivity index (χ4v) is 1.52. The fourth-order valence-electron chi connectivity index (χ4n) is 1.52. The zero-order valence-corrected chi connectivity index (χ0v) is 9.25. The van der Waals surface area contributed by atoms with Crippen LogP contribution in [0.15, 0.2) is 6.07 Å². The minimum Gasteiger partial charge on any atom is -0.324 e. The van der Waals surface area contributed by atoms with E-state index in [9.17, 15) is 0 Å². The summed E-state index contributed by atoms with van der Waals surface area (Å²) in [5.74, 6) is 0. The van der Waals surface area contributed by atoms with E-state index in [-0.39, 0.29) is 6.04 Å². The van der Waals surface area contributed by atoms with Gasteiger partial charge in [-0.3, -0.25) is 0 Å². The lowest BCUT2D eigenvalue weighted by molar-refractivity contribution is 0.595. The predicted molar refractivity (Wildman–Crippen MR) is 58.0 cm³/mol. The molecule has 1 heterocycles. The third-order valence-corrected chi connectivity index (χ3v) is 2.41. The Kier molecular flexibility index (Phi) is 4.01. The van der Waals surface area contributed by atoms with Gasteiger partial charge in [-0.15, -0.1) is 0 Å². The molecule has 0 spiro atoms. The second-order valence-corrected chi connectivity index (χ2v) is 3.78. The zero-order valence-electron chi connectivity index (χ0n) is 9.25. The maximum atomic E-state index is 6.08. The molecule has 78 valence electrons. The number of nitrogens with two attached hydrogens (primary N) is 1. The Bertz CT molecular complexity index is 297. The Morgan fingerprint density at radius 1 is 1.36 bits per heavy atom. The molecule has 2 N–H and O–H groups in total. The molecule has 3 heteroatoms. The summed E-state index contributed by atoms with van der Waals surface area (Å²) in [7, 11) is 0. The first-order valence-electron chi connectivity index (χ1n) is 5.21. The average Bonchev–Trinajstić information content (AvgIpc) is 2.18. The lowest BCUT2D eigenvalue weighted by atomic mass is 10.0. The molecule has 14 heavy (non-hydrogen) atoms. The summed E-state index contributed by atoms with van der Waals surface area (Å²) in [4.78, 5) is 0. The van der Waals surface area contributed by atoms with Crippen LogP contribution in [0, 0.1) is 13.8 Å². The lowest BCUT2D eigenvalue weighted by Crippen LogP contribution is -2.13. The molecule has 0 saturated carbocycles. The molecule has 0 aliphatic heterocycles. The van der Waals surface area contributed by atoms with E-state index in [1.807, 2.05) is 19.9 Å². The molecule has 0 amide bonds. The highest BCUT2D eigenvalue weighted by Gasteiger charge is 2.09. The smallest absolute Gasteiger partial charge is 0.0648 e. The molecule has 1 aromatic rings. The van der Waals surface area contributed by atoms with E-state index in [1.165, 1.54) is 12.8 Å². The van der Waals surface area contributed by atoms with Crippen molar-refractivity contribution in [3.05, 3.63) is 23.0 Å². The molecular formula is C11H19N3. The van der Waals surface area contributed by atoms with E-state index < -0.39 is 0 Å². The molecule has 1 atom stereocenters. The van der Waals surface area contributed by atoms with Gasteiger partial charge in [0.05, 0.1) is 11.4 Å². The van der Waals surface area contributed by atoms with Gasteiger partial charge in [-0.2, -0.15) is 10.2 Å². The predicted octanol–water partition coefficient (Wildman–Crippen LogP) is 2.28. The Morgan fingerprint density at radius 3 is 2.71 bits per heavy atom. The summed E-state index contributed by atoms with van der Waals surface area (Å²) in [6.07, 6.45) is 3.38. The summed E-state index contributed by atoms with van der Waals surface area (Å²) >= 11 is 0. The van der Waals surface area contributed by atoms with Crippen LogP contribution in [-0.2, 0) is 0 Å². The van der Waals surface area contributed by atoms with Gasteiger partial charge in [0, 0.05) is 6.04 Å². The largest absolute Gasteiger partial charge is 0.324 e. The number of aryl methyl sites for hydroxylation is 2. The maximum absolute atomic E-state index is 6.08. The number of unbranched alkanes of at least 4 members (excludes halogenated alkanes) is 1. The van der Waals surface area contributed by atoms with Gasteiger partial charge in [0.1, 0.15) is 0 Å². The minimum absolute atomic E-state index is 0.115. The number of hydrogen-bond donors (Lipinski definition) is 1. The summed E-state index contributed by atoms with van der Waals surface area (Å²) < 4.78 is 0. The van der Waals surface area contributed by atoms with Crippen LogP contribution < -0.4 is 5.73 Å². The minimum atomic E-state index is 0.115. The van der Waals surface area contributed by atoms with Crippen molar-refractivity contribution in [3.63, 3.8) is 0 Å². The fraction of sp³-hybridized carbons (Fsp3) is 0.636. The van der Waals surface area contributed by atoms with E-state index >= 15 is 0 Å². The standard InChI is InChI=1S/C11H19N3/c1-4-5-6-11(12)10-7-8(2)13-14-9(10)3/h7,11H,4-6,12H2,1-3H3. The molecule has 0 saturated heterocycles. The monoisotopic (exact) mass is 193 g/mol. The molecule has 0 aromatic carbocycles. The first-order chi connectivity index (χ1) is 6.65. The molecule has 0 aliphatic rings. The number of rotatable bonds is 4. The van der Waals surface area contributed by atoms with Gasteiger partial charge < -0.3 is 5.73 Å². The Labute approximate surface area is 85.7 Å². The van der Waals surface area contributed by atoms with E-state index in [0.29, 0.717) is 0 Å². The van der Waals surface area contributed by atoms with Crippen LogP contribution in [0.3, 0.4) is 0 Å². The highest BCUT2D eigenvalue weighted by Crippen LogP contribution is 2.18. The highest BCUT2D eigenvalue weighted by molar-refractivity contribution is 5.23. The van der Waals surface area contributed by atoms with Gasteiger partial charge in [0.15, 0.2) is 0 Å². The SMILES string of the molecule is CCCCC(N)c1cc(C)nnc1C. The molecule has 1 unspecified atom stereocenters. The van der Waals surface area contributed by atoms with Gasteiger partial charge in [-0.05, 0) is 31.9 Å². The van der Waals surface area contributed by atoms with Crippen LogP contribution in [0.2, 0.25) is 0 Å². The van der Waals surface area contributed by atoms with Crippen molar-refractivity contribution >= 4 is 0 Å². The average molecular weight is 193 g/mol. The molecular weight excluding hydrogens is 174 g/mol. The van der Waals surface area contributed by atoms with Gasteiger partial charge >= 0.3 is 0 Å². The summed E-state index contributed by atoms with van der Waals surface area (Å²) in [6.45, 7) is 6.09. The number of nitrogens with zero attached hydrogens (tertiary/aromatic N) is 2. The molecule has 0 radical (unpaired) electrons. The molecule has 0 fully saturated rings. The van der Waals surface area contributed by atoms with Gasteiger partial charge in [-0.1, -0.05) is 19.8 Å². The van der Waals surface area contributed by atoms with Crippen LogP contribution >= 0.6 is 0 Å². The third kappa shape index (κ3) is 2.77. The van der Waals surface area contributed by atoms with Crippen LogP contribution in [0.1, 0.15) is 49.2 Å². The molecule has 3 nitrogen and oxygen atoms in total. The first-order valence-corrected chi connectivity index (χ1v) is 5.21. The van der Waals surface area contributed by atoms with E-state index in [4.69, 9.17) is 5.73 Å². The molecule has 0 bridgehead atoms. The summed E-state index contributed by atoms with van der Waals surface area (Å²) in [5.41, 5.74) is 9.13. The van der Waals surface area contributed by atoms with Crippen molar-refractivity contribution in [2.24, 2.45) is 5.73 Å². The lowest BCUT2D eigenvalue weighted by Gasteiger charge is -2.13. The van der Waals surface area contributed by atoms with E-state index in [0.717, 1.165) is 23.4 Å². The van der Waals surface area contributed by atoms with Crippen molar-refractivity contribution < 1.29 is 0 Å². The highest BCUT2D eigenvalue weighted by atomic mass is 15.1. The van der Waals surface area contributed by atoms with Gasteiger partial charge in [0.2, 0.25) is 0 Å². The maximum Gasteiger partial charge on any atom is 0.0648 e. The number of aromatic nitrogens is 2. The Hall–Kier alpha value is -0.960. The van der Waals surface area contributed by atoms with E-state index in [1.54, 1.807) is 0 Å². The van der Waals surface area contributed by atoms with Crippen LogP contribution in [-0.4, -0.2) is 10.2 Å². The molecule has 1 rings (SSSR count).